The van der Waals surface area contributed by atoms with Crippen LogP contribution in [0.2, 0.25) is 0 Å². The summed E-state index contributed by atoms with van der Waals surface area (Å²) >= 11 is 3.34. The van der Waals surface area contributed by atoms with Gasteiger partial charge in [0, 0.05) is 16.4 Å². The molecule has 3 aromatic rings. The molecule has 0 radical (unpaired) electrons. The minimum absolute atomic E-state index is 0.138. The smallest absolute Gasteiger partial charge is 0.337 e. The summed E-state index contributed by atoms with van der Waals surface area (Å²) in [5, 5.41) is 8.58. The van der Waals surface area contributed by atoms with Gasteiger partial charge in [0.1, 0.15) is 5.75 Å². The average Bonchev–Trinajstić information content (AvgIpc) is 2.73. The van der Waals surface area contributed by atoms with Crippen molar-refractivity contribution < 1.29 is 23.1 Å². The Kier molecular flexibility index (Phi) is 6.63. The first kappa shape index (κ1) is 21.7. The maximum Gasteiger partial charge on any atom is 0.337 e. The average molecular weight is 489 g/mol. The molecule has 30 heavy (non-hydrogen) atoms. The van der Waals surface area contributed by atoms with Gasteiger partial charge in [-0.1, -0.05) is 46.3 Å². The molecular formula is C21H17BrN2O5S. The third-order valence-corrected chi connectivity index (χ3v) is 6.27. The zero-order valence-corrected chi connectivity index (χ0v) is 18.0. The van der Waals surface area contributed by atoms with Crippen molar-refractivity contribution in [3.8, 4) is 0 Å². The van der Waals surface area contributed by atoms with Crippen LogP contribution in [0.25, 0.3) is 0 Å². The van der Waals surface area contributed by atoms with Gasteiger partial charge in [-0.2, -0.15) is 0 Å². The first-order valence-corrected chi connectivity index (χ1v) is 11.2. The number of rotatable bonds is 7. The van der Waals surface area contributed by atoms with Crippen LogP contribution in [-0.2, 0) is 21.2 Å². The number of carbonyl (C=O) groups is 2. The lowest BCUT2D eigenvalue weighted by Gasteiger charge is -2.23. The van der Waals surface area contributed by atoms with Gasteiger partial charge in [-0.15, -0.1) is 0 Å². The van der Waals surface area contributed by atoms with Crippen LogP contribution < -0.4 is 4.90 Å². The van der Waals surface area contributed by atoms with Gasteiger partial charge >= 0.3 is 5.97 Å². The van der Waals surface area contributed by atoms with E-state index >= 15 is 0 Å². The van der Waals surface area contributed by atoms with Gasteiger partial charge in [-0.25, -0.2) is 18.2 Å². The van der Waals surface area contributed by atoms with Gasteiger partial charge in [0.15, 0.2) is 5.03 Å². The lowest BCUT2D eigenvalue weighted by atomic mass is 10.2. The molecule has 9 heteroatoms. The SMILES string of the molecule is O=C(O)c1ccc(S(=O)(=O)CC(=O)N(Cc2ccccc2)c2ccc(Br)cc2)nc1. The second-order valence-electron chi connectivity index (χ2n) is 6.39. The number of anilines is 1. The first-order valence-electron chi connectivity index (χ1n) is 8.78. The first-order chi connectivity index (χ1) is 14.3. The van der Waals surface area contributed by atoms with E-state index in [0.29, 0.717) is 5.69 Å². The maximum atomic E-state index is 13.0. The molecule has 0 aliphatic carbocycles. The number of sulfone groups is 1. The highest BCUT2D eigenvalue weighted by molar-refractivity contribution is 9.10. The molecule has 7 nitrogen and oxygen atoms in total. The molecule has 0 spiro atoms. The fourth-order valence-electron chi connectivity index (χ4n) is 2.72. The molecule has 154 valence electrons. The summed E-state index contributed by atoms with van der Waals surface area (Å²) < 4.78 is 26.2. The maximum absolute atomic E-state index is 13.0. The Morgan fingerprint density at radius 3 is 2.20 bits per heavy atom. The molecule has 1 heterocycles. The Labute approximate surface area is 182 Å². The van der Waals surface area contributed by atoms with Crippen molar-refractivity contribution in [2.24, 2.45) is 0 Å². The number of benzene rings is 2. The zero-order valence-electron chi connectivity index (χ0n) is 15.6. The van der Waals surface area contributed by atoms with Crippen LogP contribution in [-0.4, -0.2) is 36.1 Å². The molecule has 1 aromatic heterocycles. The molecule has 0 saturated carbocycles. The van der Waals surface area contributed by atoms with Gasteiger partial charge in [-0.05, 0) is 42.0 Å². The van der Waals surface area contributed by atoms with Crippen LogP contribution in [0.15, 0.2) is 82.4 Å². The van der Waals surface area contributed by atoms with Gasteiger partial charge in [0.2, 0.25) is 15.7 Å². The second kappa shape index (κ2) is 9.19. The molecule has 1 amide bonds. The number of halogens is 1. The summed E-state index contributed by atoms with van der Waals surface area (Å²) in [4.78, 5) is 29.0. The number of aromatic carboxylic acids is 1. The van der Waals surface area contributed by atoms with E-state index in [0.717, 1.165) is 28.4 Å². The normalized spacial score (nSPS) is 11.1. The van der Waals surface area contributed by atoms with Crippen molar-refractivity contribution >= 4 is 43.3 Å². The van der Waals surface area contributed by atoms with Crippen LogP contribution in [0.1, 0.15) is 15.9 Å². The molecule has 0 fully saturated rings. The molecule has 1 N–H and O–H groups in total. The number of hydrogen-bond donors (Lipinski definition) is 1. The van der Waals surface area contributed by atoms with Crippen molar-refractivity contribution in [2.75, 3.05) is 10.7 Å². The van der Waals surface area contributed by atoms with E-state index in [9.17, 15) is 18.0 Å². The van der Waals surface area contributed by atoms with Gasteiger partial charge in [0.05, 0.1) is 12.1 Å². The van der Waals surface area contributed by atoms with Gasteiger partial charge < -0.3 is 10.0 Å². The molecule has 0 aliphatic heterocycles. The summed E-state index contributed by atoms with van der Waals surface area (Å²) in [6.07, 6.45) is 0.955. The Morgan fingerprint density at radius 2 is 1.63 bits per heavy atom. The third-order valence-electron chi connectivity index (χ3n) is 4.24. The van der Waals surface area contributed by atoms with Crippen LogP contribution in [0, 0.1) is 0 Å². The lowest BCUT2D eigenvalue weighted by Crippen LogP contribution is -2.35. The molecule has 0 bridgehead atoms. The van der Waals surface area contributed by atoms with E-state index in [1.54, 1.807) is 24.3 Å². The predicted octanol–water partition coefficient (Wildman–Crippen LogP) is 3.55. The number of hydrogen-bond acceptors (Lipinski definition) is 5. The molecular weight excluding hydrogens is 472 g/mol. The van der Waals surface area contributed by atoms with E-state index in [2.05, 4.69) is 20.9 Å². The topological polar surface area (TPSA) is 105 Å². The predicted molar refractivity (Wildman–Crippen MR) is 115 cm³/mol. The Bertz CT molecular complexity index is 1150. The van der Waals surface area contributed by atoms with E-state index in [4.69, 9.17) is 5.11 Å². The third kappa shape index (κ3) is 5.31. The number of carbonyl (C=O) groups excluding carboxylic acids is 1. The van der Waals surface area contributed by atoms with Gasteiger partial charge in [0.25, 0.3) is 0 Å². The molecule has 2 aromatic carbocycles. The van der Waals surface area contributed by atoms with Crippen molar-refractivity contribution in [1.82, 2.24) is 4.98 Å². The van der Waals surface area contributed by atoms with Crippen LogP contribution in [0.3, 0.4) is 0 Å². The summed E-state index contributed by atoms with van der Waals surface area (Å²) in [5.41, 5.74) is 1.26. The largest absolute Gasteiger partial charge is 0.478 e. The van der Waals surface area contributed by atoms with Crippen molar-refractivity contribution in [1.29, 1.82) is 0 Å². The highest BCUT2D eigenvalue weighted by atomic mass is 79.9. The summed E-state index contributed by atoms with van der Waals surface area (Å²) in [7, 11) is -4.06. The molecule has 3 rings (SSSR count). The van der Waals surface area contributed by atoms with Crippen LogP contribution >= 0.6 is 15.9 Å². The Morgan fingerprint density at radius 1 is 0.967 bits per heavy atom. The molecule has 0 saturated heterocycles. The van der Waals surface area contributed by atoms with Gasteiger partial charge in [-0.3, -0.25) is 4.79 Å². The quantitative estimate of drug-likeness (QED) is 0.545. The van der Waals surface area contributed by atoms with Crippen molar-refractivity contribution in [3.63, 3.8) is 0 Å². The molecule has 0 aliphatic rings. The number of amides is 1. The molecule has 0 unspecified atom stereocenters. The fraction of sp³-hybridized carbons (Fsp3) is 0.0952. The van der Waals surface area contributed by atoms with E-state index in [-0.39, 0.29) is 17.1 Å². The Balaban J connectivity index is 1.88. The van der Waals surface area contributed by atoms with E-state index in [1.807, 2.05) is 30.3 Å². The molecule has 0 atom stereocenters. The monoisotopic (exact) mass is 488 g/mol. The minimum atomic E-state index is -4.06. The lowest BCUT2D eigenvalue weighted by molar-refractivity contribution is -0.116. The van der Waals surface area contributed by atoms with Crippen molar-refractivity contribution in [2.45, 2.75) is 11.6 Å². The highest BCUT2D eigenvalue weighted by Gasteiger charge is 2.26. The summed E-state index contributed by atoms with van der Waals surface area (Å²) in [5.74, 6) is -2.63. The van der Waals surface area contributed by atoms with Crippen LogP contribution in [0.5, 0.6) is 0 Å². The number of nitrogens with zero attached hydrogens (tertiary/aromatic N) is 2. The number of carboxylic acids is 1. The zero-order chi connectivity index (χ0) is 21.7. The number of pyridine rings is 1. The number of aromatic nitrogens is 1. The summed E-state index contributed by atoms with van der Waals surface area (Å²) in [6, 6.07) is 18.4. The number of carboxylic acid groups (broad SMARTS) is 1. The Hall–Kier alpha value is -3.04. The van der Waals surface area contributed by atoms with Crippen molar-refractivity contribution in [3.05, 3.63) is 88.5 Å². The van der Waals surface area contributed by atoms with Crippen LogP contribution in [0.4, 0.5) is 5.69 Å². The van der Waals surface area contributed by atoms with E-state index in [1.165, 1.54) is 4.90 Å². The standard InChI is InChI=1S/C21H17BrN2O5S/c22-17-7-9-18(10-8-17)24(13-15-4-2-1-3-5-15)20(25)14-30(28,29)19-11-6-16(12-23-19)21(26)27/h1-12H,13-14H2,(H,26,27). The minimum Gasteiger partial charge on any atom is -0.478 e. The fourth-order valence-corrected chi connectivity index (χ4v) is 4.10. The summed E-state index contributed by atoms with van der Waals surface area (Å²) in [6.45, 7) is 0.197. The van der Waals surface area contributed by atoms with E-state index < -0.39 is 27.5 Å². The highest BCUT2D eigenvalue weighted by Crippen LogP contribution is 2.22. The second-order valence-corrected chi connectivity index (χ2v) is 9.24.